The number of para-hydroxylation sites is 3. The molecule has 1 atom stereocenters. The number of fused-ring (bicyclic) bond motifs is 1. The van der Waals surface area contributed by atoms with Crippen molar-refractivity contribution < 1.29 is 9.53 Å². The van der Waals surface area contributed by atoms with Crippen molar-refractivity contribution in [2.24, 2.45) is 0 Å². The molecule has 0 bridgehead atoms. The predicted molar refractivity (Wildman–Crippen MR) is 152 cm³/mol. The van der Waals surface area contributed by atoms with Gasteiger partial charge in [-0.2, -0.15) is 5.26 Å². The first-order valence-electron chi connectivity index (χ1n) is 12.9. The van der Waals surface area contributed by atoms with Crippen LogP contribution >= 0.6 is 0 Å². The molecule has 8 nitrogen and oxygen atoms in total. The van der Waals surface area contributed by atoms with Gasteiger partial charge in [0.1, 0.15) is 11.4 Å². The number of carbonyl (C=O) groups is 1. The predicted octanol–water partition coefficient (Wildman–Crippen LogP) is 4.35. The summed E-state index contributed by atoms with van der Waals surface area (Å²) in [6, 6.07) is 27.4. The standard InChI is InChI=1S/C31H30N6O2/c1-39-28-14-8-5-11-24(28)22-33-31(38)25(21-32)29-30(35-27-13-7-6-12-26(27)34-29)37-19-17-36(18-20-37)16-15-23-9-3-2-4-10-23/h2-16,25H,17-20,22H2,1H3,(H,33,38)/b16-15+. The second-order valence-electron chi connectivity index (χ2n) is 9.26. The fourth-order valence-corrected chi connectivity index (χ4v) is 4.65. The van der Waals surface area contributed by atoms with Crippen molar-refractivity contribution in [1.82, 2.24) is 20.2 Å². The van der Waals surface area contributed by atoms with Crippen LogP contribution in [0.1, 0.15) is 22.7 Å². The molecule has 8 heteroatoms. The number of hydrogen-bond donors (Lipinski definition) is 1. The zero-order chi connectivity index (χ0) is 27.0. The van der Waals surface area contributed by atoms with Gasteiger partial charge in [0.2, 0.25) is 5.91 Å². The molecule has 0 radical (unpaired) electrons. The number of nitrogens with one attached hydrogen (secondary N) is 1. The lowest BCUT2D eigenvalue weighted by atomic mass is 10.0. The molecule has 1 unspecified atom stereocenters. The molecule has 1 aromatic heterocycles. The van der Waals surface area contributed by atoms with Crippen LogP contribution in [0.15, 0.2) is 85.1 Å². The molecule has 1 aliphatic heterocycles. The summed E-state index contributed by atoms with van der Waals surface area (Å²) in [6.45, 7) is 3.20. The maximum Gasteiger partial charge on any atom is 0.243 e. The lowest BCUT2D eigenvalue weighted by Gasteiger charge is -2.35. The number of nitrogens with zero attached hydrogens (tertiary/aromatic N) is 5. The van der Waals surface area contributed by atoms with Crippen LogP contribution in [0.2, 0.25) is 0 Å². The Labute approximate surface area is 228 Å². The molecule has 0 aliphatic carbocycles. The molecule has 2 heterocycles. The van der Waals surface area contributed by atoms with E-state index in [0.29, 0.717) is 35.9 Å². The van der Waals surface area contributed by atoms with Crippen molar-refractivity contribution in [2.75, 3.05) is 38.2 Å². The topological polar surface area (TPSA) is 94.4 Å². The molecule has 1 amide bonds. The molecule has 0 spiro atoms. The molecule has 1 N–H and O–H groups in total. The molecule has 3 aromatic carbocycles. The average Bonchev–Trinajstić information content (AvgIpc) is 3.00. The number of aromatic nitrogens is 2. The smallest absolute Gasteiger partial charge is 0.243 e. The summed E-state index contributed by atoms with van der Waals surface area (Å²) in [6.07, 6.45) is 4.22. The van der Waals surface area contributed by atoms with Crippen molar-refractivity contribution in [3.63, 3.8) is 0 Å². The summed E-state index contributed by atoms with van der Waals surface area (Å²) in [5.74, 6) is -0.266. The Morgan fingerprint density at radius 2 is 1.64 bits per heavy atom. The number of rotatable bonds is 8. The van der Waals surface area contributed by atoms with E-state index in [1.54, 1.807) is 7.11 Å². The first kappa shape index (κ1) is 25.7. The third kappa shape index (κ3) is 5.99. The second-order valence-corrected chi connectivity index (χ2v) is 9.26. The zero-order valence-electron chi connectivity index (χ0n) is 21.8. The van der Waals surface area contributed by atoms with Crippen LogP contribution in [0.25, 0.3) is 17.1 Å². The van der Waals surface area contributed by atoms with Crippen LogP contribution in [0.3, 0.4) is 0 Å². The fourth-order valence-electron chi connectivity index (χ4n) is 4.65. The molecule has 1 aliphatic rings. The third-order valence-electron chi connectivity index (χ3n) is 6.78. The first-order valence-corrected chi connectivity index (χ1v) is 12.9. The van der Waals surface area contributed by atoms with Crippen LogP contribution in [0.4, 0.5) is 5.82 Å². The fraction of sp³-hybridized carbons (Fsp3) is 0.226. The molecule has 1 fully saturated rings. The Hall–Kier alpha value is -4.90. The lowest BCUT2D eigenvalue weighted by molar-refractivity contribution is -0.121. The van der Waals surface area contributed by atoms with Crippen molar-refractivity contribution in [3.05, 3.63) is 102 Å². The molecular formula is C31H30N6O2. The number of anilines is 1. The van der Waals surface area contributed by atoms with E-state index < -0.39 is 11.8 Å². The highest BCUT2D eigenvalue weighted by Crippen LogP contribution is 2.28. The maximum atomic E-state index is 13.3. The van der Waals surface area contributed by atoms with E-state index in [9.17, 15) is 10.1 Å². The summed E-state index contributed by atoms with van der Waals surface area (Å²) in [4.78, 5) is 27.4. The van der Waals surface area contributed by atoms with Gasteiger partial charge in [-0.25, -0.2) is 9.97 Å². The Morgan fingerprint density at radius 1 is 0.974 bits per heavy atom. The van der Waals surface area contributed by atoms with E-state index in [1.807, 2.05) is 66.7 Å². The van der Waals surface area contributed by atoms with Crippen molar-refractivity contribution >= 4 is 28.8 Å². The Morgan fingerprint density at radius 3 is 2.36 bits per heavy atom. The number of carbonyl (C=O) groups excluding carboxylic acids is 1. The van der Waals surface area contributed by atoms with E-state index in [0.717, 1.165) is 29.7 Å². The van der Waals surface area contributed by atoms with Gasteiger partial charge >= 0.3 is 0 Å². The summed E-state index contributed by atoms with van der Waals surface area (Å²) in [5, 5.41) is 13.0. The number of nitriles is 1. The van der Waals surface area contributed by atoms with E-state index in [-0.39, 0.29) is 6.54 Å². The van der Waals surface area contributed by atoms with Gasteiger partial charge < -0.3 is 19.9 Å². The van der Waals surface area contributed by atoms with Gasteiger partial charge in [0, 0.05) is 38.3 Å². The van der Waals surface area contributed by atoms with Gasteiger partial charge in [-0.1, -0.05) is 60.7 Å². The van der Waals surface area contributed by atoms with Crippen LogP contribution in [-0.4, -0.2) is 54.1 Å². The van der Waals surface area contributed by atoms with Crippen LogP contribution in [-0.2, 0) is 11.3 Å². The SMILES string of the molecule is COc1ccccc1CNC(=O)C(C#N)c1nc2ccccc2nc1N1CCN(/C=C/c2ccccc2)CC1. The van der Waals surface area contributed by atoms with Gasteiger partial charge in [0.05, 0.1) is 24.2 Å². The van der Waals surface area contributed by atoms with Crippen LogP contribution in [0, 0.1) is 11.3 Å². The second kappa shape index (κ2) is 12.1. The number of amides is 1. The van der Waals surface area contributed by atoms with Gasteiger partial charge in [-0.05, 0) is 36.0 Å². The highest BCUT2D eigenvalue weighted by atomic mass is 16.5. The maximum absolute atomic E-state index is 13.3. The van der Waals surface area contributed by atoms with E-state index in [2.05, 4.69) is 45.6 Å². The third-order valence-corrected chi connectivity index (χ3v) is 6.78. The molecule has 196 valence electrons. The average molecular weight is 519 g/mol. The number of benzene rings is 3. The molecule has 39 heavy (non-hydrogen) atoms. The Kier molecular flexibility index (Phi) is 7.98. The van der Waals surface area contributed by atoms with Crippen molar-refractivity contribution in [2.45, 2.75) is 12.5 Å². The number of hydrogen-bond acceptors (Lipinski definition) is 7. The normalized spacial score (nSPS) is 14.3. The minimum atomic E-state index is -1.11. The van der Waals surface area contributed by atoms with Crippen molar-refractivity contribution in [1.29, 1.82) is 5.26 Å². The highest BCUT2D eigenvalue weighted by molar-refractivity contribution is 5.89. The van der Waals surface area contributed by atoms with Crippen LogP contribution < -0.4 is 15.0 Å². The van der Waals surface area contributed by atoms with Gasteiger partial charge in [0.15, 0.2) is 11.7 Å². The zero-order valence-corrected chi connectivity index (χ0v) is 21.8. The largest absolute Gasteiger partial charge is 0.496 e. The quantitative estimate of drug-likeness (QED) is 0.371. The number of methoxy groups -OCH3 is 1. The Bertz CT molecular complexity index is 1510. The molecular weight excluding hydrogens is 488 g/mol. The summed E-state index contributed by atoms with van der Waals surface area (Å²) >= 11 is 0. The first-order chi connectivity index (χ1) is 19.2. The Balaban J connectivity index is 1.37. The minimum Gasteiger partial charge on any atom is -0.496 e. The number of ether oxygens (including phenoxy) is 1. The van der Waals surface area contributed by atoms with Gasteiger partial charge in [0.25, 0.3) is 0 Å². The minimum absolute atomic E-state index is 0.240. The molecule has 0 saturated carbocycles. The lowest BCUT2D eigenvalue weighted by Crippen LogP contribution is -2.45. The summed E-state index contributed by atoms with van der Waals surface area (Å²) < 4.78 is 5.39. The monoisotopic (exact) mass is 518 g/mol. The summed E-state index contributed by atoms with van der Waals surface area (Å²) in [5.41, 5.74) is 3.74. The van der Waals surface area contributed by atoms with Crippen molar-refractivity contribution in [3.8, 4) is 11.8 Å². The summed E-state index contributed by atoms with van der Waals surface area (Å²) in [7, 11) is 1.59. The van der Waals surface area contributed by atoms with E-state index in [1.165, 1.54) is 0 Å². The van der Waals surface area contributed by atoms with E-state index in [4.69, 9.17) is 14.7 Å². The van der Waals surface area contributed by atoms with Gasteiger partial charge in [-0.15, -0.1) is 0 Å². The molecule has 5 rings (SSSR count). The van der Waals surface area contributed by atoms with Gasteiger partial charge in [-0.3, -0.25) is 4.79 Å². The number of piperazine rings is 1. The molecule has 4 aromatic rings. The highest BCUT2D eigenvalue weighted by Gasteiger charge is 2.30. The van der Waals surface area contributed by atoms with E-state index >= 15 is 0 Å². The van der Waals surface area contributed by atoms with Crippen LogP contribution in [0.5, 0.6) is 5.75 Å². The molecule has 1 saturated heterocycles.